The first-order valence-corrected chi connectivity index (χ1v) is 10.3. The SMILES string of the molecule is CCN(CC)C(=O)c1ccc(S(=O)(=O)NCCc2cccs2)cc1. The van der Waals surface area contributed by atoms with Crippen LogP contribution >= 0.6 is 11.3 Å². The first-order valence-electron chi connectivity index (χ1n) is 7.89. The predicted octanol–water partition coefficient (Wildman–Crippen LogP) is 2.75. The molecule has 0 aliphatic carbocycles. The first kappa shape index (κ1) is 18.6. The lowest BCUT2D eigenvalue weighted by Crippen LogP contribution is -2.30. The van der Waals surface area contributed by atoms with Crippen LogP contribution in [-0.4, -0.2) is 38.9 Å². The monoisotopic (exact) mass is 366 g/mol. The molecule has 7 heteroatoms. The number of carbonyl (C=O) groups excluding carboxylic acids is 1. The van der Waals surface area contributed by atoms with E-state index in [1.165, 1.54) is 12.1 Å². The Morgan fingerprint density at radius 3 is 2.33 bits per heavy atom. The van der Waals surface area contributed by atoms with Gasteiger partial charge in [-0.2, -0.15) is 0 Å². The lowest BCUT2D eigenvalue weighted by Gasteiger charge is -2.18. The summed E-state index contributed by atoms with van der Waals surface area (Å²) in [6.45, 7) is 5.43. The molecule has 0 saturated heterocycles. The maximum absolute atomic E-state index is 12.3. The number of amides is 1. The van der Waals surface area contributed by atoms with E-state index in [-0.39, 0.29) is 10.8 Å². The number of benzene rings is 1. The van der Waals surface area contributed by atoms with E-state index in [9.17, 15) is 13.2 Å². The molecular weight excluding hydrogens is 344 g/mol. The van der Waals surface area contributed by atoms with Gasteiger partial charge in [0.1, 0.15) is 0 Å². The summed E-state index contributed by atoms with van der Waals surface area (Å²) in [5, 5.41) is 1.97. The van der Waals surface area contributed by atoms with Crippen molar-refractivity contribution in [2.24, 2.45) is 0 Å². The lowest BCUT2D eigenvalue weighted by molar-refractivity contribution is 0.0773. The van der Waals surface area contributed by atoms with E-state index in [1.54, 1.807) is 28.4 Å². The van der Waals surface area contributed by atoms with Crippen LogP contribution in [0.15, 0.2) is 46.7 Å². The number of hydrogen-bond acceptors (Lipinski definition) is 4. The van der Waals surface area contributed by atoms with Crippen LogP contribution in [-0.2, 0) is 16.4 Å². The Balaban J connectivity index is 2.01. The van der Waals surface area contributed by atoms with Crippen LogP contribution in [0.25, 0.3) is 0 Å². The zero-order chi connectivity index (χ0) is 17.6. The molecule has 2 rings (SSSR count). The summed E-state index contributed by atoms with van der Waals surface area (Å²) < 4.78 is 27.2. The molecule has 0 saturated carbocycles. The van der Waals surface area contributed by atoms with Crippen molar-refractivity contribution in [2.45, 2.75) is 25.2 Å². The molecule has 0 atom stereocenters. The number of sulfonamides is 1. The summed E-state index contributed by atoms with van der Waals surface area (Å²) in [5.41, 5.74) is 0.497. The normalized spacial score (nSPS) is 11.4. The van der Waals surface area contributed by atoms with Crippen molar-refractivity contribution in [3.05, 3.63) is 52.2 Å². The molecular formula is C17H22N2O3S2. The van der Waals surface area contributed by atoms with Gasteiger partial charge in [0.2, 0.25) is 10.0 Å². The fourth-order valence-corrected chi connectivity index (χ4v) is 4.06. The number of carbonyl (C=O) groups is 1. The van der Waals surface area contributed by atoms with E-state index < -0.39 is 10.0 Å². The molecule has 1 N–H and O–H groups in total. The van der Waals surface area contributed by atoms with Crippen LogP contribution in [0.4, 0.5) is 0 Å². The van der Waals surface area contributed by atoms with Gasteiger partial charge in [-0.1, -0.05) is 6.07 Å². The molecule has 1 aromatic carbocycles. The molecule has 0 spiro atoms. The van der Waals surface area contributed by atoms with Crippen molar-refractivity contribution in [2.75, 3.05) is 19.6 Å². The van der Waals surface area contributed by atoms with Crippen LogP contribution in [0.2, 0.25) is 0 Å². The maximum atomic E-state index is 12.3. The van der Waals surface area contributed by atoms with Crippen molar-refractivity contribution in [1.29, 1.82) is 0 Å². The van der Waals surface area contributed by atoms with Crippen LogP contribution in [0.5, 0.6) is 0 Å². The quantitative estimate of drug-likeness (QED) is 0.781. The van der Waals surface area contributed by atoms with Gasteiger partial charge in [0.05, 0.1) is 4.90 Å². The molecule has 1 heterocycles. The highest BCUT2D eigenvalue weighted by Crippen LogP contribution is 2.13. The molecule has 0 aliphatic rings. The van der Waals surface area contributed by atoms with Crippen LogP contribution < -0.4 is 4.72 Å². The van der Waals surface area contributed by atoms with Crippen molar-refractivity contribution < 1.29 is 13.2 Å². The van der Waals surface area contributed by atoms with E-state index in [2.05, 4.69) is 4.72 Å². The number of thiophene rings is 1. The third-order valence-corrected chi connectivity index (χ3v) is 6.12. The van der Waals surface area contributed by atoms with E-state index in [4.69, 9.17) is 0 Å². The van der Waals surface area contributed by atoms with Gasteiger partial charge in [-0.3, -0.25) is 4.79 Å². The van der Waals surface area contributed by atoms with Gasteiger partial charge in [-0.05, 0) is 56.0 Å². The minimum atomic E-state index is -3.56. The zero-order valence-electron chi connectivity index (χ0n) is 13.9. The van der Waals surface area contributed by atoms with Gasteiger partial charge in [-0.15, -0.1) is 11.3 Å². The van der Waals surface area contributed by atoms with E-state index in [0.717, 1.165) is 4.88 Å². The summed E-state index contributed by atoms with van der Waals surface area (Å²) in [5.74, 6) is -0.0883. The van der Waals surface area contributed by atoms with Gasteiger partial charge >= 0.3 is 0 Å². The lowest BCUT2D eigenvalue weighted by atomic mass is 10.2. The van der Waals surface area contributed by atoms with E-state index in [1.807, 2.05) is 31.4 Å². The van der Waals surface area contributed by atoms with Gasteiger partial charge < -0.3 is 4.90 Å². The second-order valence-electron chi connectivity index (χ2n) is 5.23. The largest absolute Gasteiger partial charge is 0.339 e. The number of rotatable bonds is 8. The molecule has 0 radical (unpaired) electrons. The minimum Gasteiger partial charge on any atom is -0.339 e. The molecule has 2 aromatic rings. The van der Waals surface area contributed by atoms with Gasteiger partial charge in [0.25, 0.3) is 5.91 Å². The average molecular weight is 367 g/mol. The van der Waals surface area contributed by atoms with Crippen molar-refractivity contribution >= 4 is 27.3 Å². The Bertz CT molecular complexity index is 750. The highest BCUT2D eigenvalue weighted by Gasteiger charge is 2.16. The smallest absolute Gasteiger partial charge is 0.253 e. The summed E-state index contributed by atoms with van der Waals surface area (Å²) >= 11 is 1.60. The number of nitrogens with one attached hydrogen (secondary N) is 1. The fraction of sp³-hybridized carbons (Fsp3) is 0.353. The summed E-state index contributed by atoms with van der Waals surface area (Å²) in [4.78, 5) is 15.2. The van der Waals surface area contributed by atoms with E-state index >= 15 is 0 Å². The van der Waals surface area contributed by atoms with Crippen molar-refractivity contribution in [3.63, 3.8) is 0 Å². The molecule has 0 fully saturated rings. The summed E-state index contributed by atoms with van der Waals surface area (Å²) in [6, 6.07) is 10.0. The third kappa shape index (κ3) is 4.66. The third-order valence-electron chi connectivity index (χ3n) is 3.71. The van der Waals surface area contributed by atoms with Gasteiger partial charge in [0, 0.05) is 30.1 Å². The Morgan fingerprint density at radius 2 is 1.79 bits per heavy atom. The highest BCUT2D eigenvalue weighted by molar-refractivity contribution is 7.89. The fourth-order valence-electron chi connectivity index (χ4n) is 2.32. The summed E-state index contributed by atoms with van der Waals surface area (Å²) in [7, 11) is -3.56. The second kappa shape index (κ2) is 8.41. The van der Waals surface area contributed by atoms with Gasteiger partial charge in [-0.25, -0.2) is 13.1 Å². The Kier molecular flexibility index (Phi) is 6.53. The second-order valence-corrected chi connectivity index (χ2v) is 8.03. The molecule has 0 unspecified atom stereocenters. The van der Waals surface area contributed by atoms with Crippen molar-refractivity contribution in [3.8, 4) is 0 Å². The predicted molar refractivity (Wildman–Crippen MR) is 96.9 cm³/mol. The average Bonchev–Trinajstić information content (AvgIpc) is 3.09. The topological polar surface area (TPSA) is 66.5 Å². The van der Waals surface area contributed by atoms with Gasteiger partial charge in [0.15, 0.2) is 0 Å². The maximum Gasteiger partial charge on any atom is 0.253 e. The molecule has 1 aromatic heterocycles. The Morgan fingerprint density at radius 1 is 1.12 bits per heavy atom. The summed E-state index contributed by atoms with van der Waals surface area (Å²) in [6.07, 6.45) is 0.662. The highest BCUT2D eigenvalue weighted by atomic mass is 32.2. The zero-order valence-corrected chi connectivity index (χ0v) is 15.5. The molecule has 0 bridgehead atoms. The van der Waals surface area contributed by atoms with Crippen molar-refractivity contribution in [1.82, 2.24) is 9.62 Å². The molecule has 1 amide bonds. The minimum absolute atomic E-state index is 0.0883. The standard InChI is InChI=1S/C17H22N2O3S2/c1-3-19(4-2)17(20)14-7-9-16(10-8-14)24(21,22)18-12-11-15-6-5-13-23-15/h5-10,13,18H,3-4,11-12H2,1-2H3. The van der Waals surface area contributed by atoms with E-state index in [0.29, 0.717) is 31.6 Å². The Hall–Kier alpha value is -1.70. The van der Waals surface area contributed by atoms with Crippen LogP contribution in [0.1, 0.15) is 29.1 Å². The molecule has 5 nitrogen and oxygen atoms in total. The molecule has 24 heavy (non-hydrogen) atoms. The first-order chi connectivity index (χ1) is 11.5. The van der Waals surface area contributed by atoms with Crippen LogP contribution in [0.3, 0.4) is 0 Å². The number of hydrogen-bond donors (Lipinski definition) is 1. The molecule has 0 aliphatic heterocycles. The molecule has 130 valence electrons. The van der Waals surface area contributed by atoms with Crippen LogP contribution in [0, 0.1) is 0 Å². The number of nitrogens with zero attached hydrogens (tertiary/aromatic N) is 1. The Labute approximate surface area is 147 Å².